The Morgan fingerprint density at radius 1 is 0.750 bits per heavy atom. The highest BCUT2D eigenvalue weighted by atomic mass is 31.2. The highest BCUT2D eigenvalue weighted by Gasteiger charge is 2.19. The van der Waals surface area contributed by atoms with Gasteiger partial charge < -0.3 is 18.1 Å². The minimum absolute atomic E-state index is 1.01. The van der Waals surface area contributed by atoms with Crippen molar-refractivity contribution in [1.29, 1.82) is 0 Å². The summed E-state index contributed by atoms with van der Waals surface area (Å²) >= 11 is 0. The Balaban J connectivity index is 2.63. The fraction of sp³-hybridized carbons (Fsp3) is 0.286. The third kappa shape index (κ3) is 3.17. The van der Waals surface area contributed by atoms with Gasteiger partial charge in [0.1, 0.15) is 0 Å². The average Bonchev–Trinajstić information content (AvgIpc) is 2.49. The van der Waals surface area contributed by atoms with Crippen LogP contribution in [0.15, 0.2) is 36.4 Å². The SMILES string of the molecule is COP(OC)c1cc(P(OC)OC)c2ccccc2c1. The molecule has 108 valence electrons. The second-order valence-corrected chi connectivity index (χ2v) is 7.42. The fourth-order valence-corrected chi connectivity index (χ4v) is 4.43. The Labute approximate surface area is 121 Å². The monoisotopic (exact) mass is 312 g/mol. The first kappa shape index (κ1) is 15.8. The van der Waals surface area contributed by atoms with E-state index in [0.717, 1.165) is 21.4 Å². The van der Waals surface area contributed by atoms with E-state index in [-0.39, 0.29) is 0 Å². The molecule has 4 nitrogen and oxygen atoms in total. The van der Waals surface area contributed by atoms with Crippen LogP contribution in [0.5, 0.6) is 0 Å². The van der Waals surface area contributed by atoms with Crippen molar-refractivity contribution in [1.82, 2.24) is 0 Å². The molecule has 0 spiro atoms. The molecule has 0 radical (unpaired) electrons. The van der Waals surface area contributed by atoms with Gasteiger partial charge in [-0.05, 0) is 22.9 Å². The van der Waals surface area contributed by atoms with E-state index in [2.05, 4.69) is 24.3 Å². The minimum Gasteiger partial charge on any atom is -0.334 e. The van der Waals surface area contributed by atoms with Gasteiger partial charge in [-0.15, -0.1) is 0 Å². The van der Waals surface area contributed by atoms with Crippen LogP contribution >= 0.6 is 16.8 Å². The molecule has 0 bridgehead atoms. The van der Waals surface area contributed by atoms with E-state index < -0.39 is 16.8 Å². The highest BCUT2D eigenvalue weighted by molar-refractivity contribution is 7.58. The molecule has 0 unspecified atom stereocenters. The number of hydrogen-bond acceptors (Lipinski definition) is 4. The van der Waals surface area contributed by atoms with Crippen molar-refractivity contribution in [3.8, 4) is 0 Å². The lowest BCUT2D eigenvalue weighted by Gasteiger charge is -2.19. The first-order valence-electron chi connectivity index (χ1n) is 6.04. The van der Waals surface area contributed by atoms with Crippen LogP contribution in [0.25, 0.3) is 10.8 Å². The zero-order valence-electron chi connectivity index (χ0n) is 12.0. The van der Waals surface area contributed by atoms with Crippen molar-refractivity contribution < 1.29 is 18.1 Å². The van der Waals surface area contributed by atoms with Crippen LogP contribution in [0.2, 0.25) is 0 Å². The summed E-state index contributed by atoms with van der Waals surface area (Å²) < 4.78 is 21.7. The molecular weight excluding hydrogens is 294 g/mol. The summed E-state index contributed by atoms with van der Waals surface area (Å²) in [5.41, 5.74) is 0. The maximum Gasteiger partial charge on any atom is 0.205 e. The van der Waals surface area contributed by atoms with Crippen LogP contribution in [-0.4, -0.2) is 28.4 Å². The first-order chi connectivity index (χ1) is 9.74. The lowest BCUT2D eigenvalue weighted by atomic mass is 10.1. The van der Waals surface area contributed by atoms with Crippen LogP contribution < -0.4 is 10.6 Å². The Morgan fingerprint density at radius 3 is 1.95 bits per heavy atom. The smallest absolute Gasteiger partial charge is 0.205 e. The Morgan fingerprint density at radius 2 is 1.35 bits per heavy atom. The largest absolute Gasteiger partial charge is 0.334 e. The summed E-state index contributed by atoms with van der Waals surface area (Å²) in [7, 11) is 4.44. The standard InChI is InChI=1S/C14H18O4P2/c1-15-19(16-2)12-9-11-7-5-6-8-13(11)14(10-12)20(17-3)18-4/h5-10H,1-4H3. The predicted octanol–water partition coefficient (Wildman–Crippen LogP) is 3.30. The van der Waals surface area contributed by atoms with E-state index in [4.69, 9.17) is 18.1 Å². The highest BCUT2D eigenvalue weighted by Crippen LogP contribution is 2.40. The molecule has 0 aliphatic rings. The van der Waals surface area contributed by atoms with Crippen LogP contribution in [0.4, 0.5) is 0 Å². The van der Waals surface area contributed by atoms with Gasteiger partial charge in [0.2, 0.25) is 16.8 Å². The summed E-state index contributed by atoms with van der Waals surface area (Å²) in [5, 5.41) is 4.32. The van der Waals surface area contributed by atoms with E-state index in [1.807, 2.05) is 12.1 Å². The normalized spacial score (nSPS) is 11.7. The number of hydrogen-bond donors (Lipinski definition) is 0. The molecule has 0 heterocycles. The van der Waals surface area contributed by atoms with E-state index in [1.54, 1.807) is 28.4 Å². The van der Waals surface area contributed by atoms with E-state index in [1.165, 1.54) is 0 Å². The van der Waals surface area contributed by atoms with Gasteiger partial charge in [-0.2, -0.15) is 0 Å². The summed E-state index contributed by atoms with van der Waals surface area (Å²) in [6, 6.07) is 12.3. The first-order valence-corrected chi connectivity index (χ1v) is 8.40. The second-order valence-electron chi connectivity index (χ2n) is 3.93. The summed E-state index contributed by atoms with van der Waals surface area (Å²) in [5.74, 6) is 0. The molecule has 20 heavy (non-hydrogen) atoms. The van der Waals surface area contributed by atoms with E-state index in [9.17, 15) is 0 Å². The molecular formula is C14H18O4P2. The molecule has 0 saturated heterocycles. The minimum atomic E-state index is -1.10. The number of benzene rings is 2. The Bertz CT molecular complexity index is 568. The quantitative estimate of drug-likeness (QED) is 0.767. The van der Waals surface area contributed by atoms with Gasteiger partial charge >= 0.3 is 0 Å². The van der Waals surface area contributed by atoms with Crippen molar-refractivity contribution in [3.05, 3.63) is 36.4 Å². The lowest BCUT2D eigenvalue weighted by Crippen LogP contribution is -2.14. The van der Waals surface area contributed by atoms with Crippen molar-refractivity contribution in [2.75, 3.05) is 28.4 Å². The Hall–Kier alpha value is -0.600. The Kier molecular flexibility index (Phi) is 5.86. The molecule has 2 aromatic carbocycles. The maximum atomic E-state index is 5.46. The molecule has 0 amide bonds. The molecule has 6 heteroatoms. The van der Waals surface area contributed by atoms with Gasteiger partial charge in [-0.1, -0.05) is 24.3 Å². The topological polar surface area (TPSA) is 36.9 Å². The van der Waals surface area contributed by atoms with Crippen LogP contribution in [0, 0.1) is 0 Å². The summed E-state index contributed by atoms with van der Waals surface area (Å²) in [4.78, 5) is 0. The molecule has 0 aliphatic carbocycles. The van der Waals surface area contributed by atoms with Crippen molar-refractivity contribution in [3.63, 3.8) is 0 Å². The number of rotatable bonds is 6. The molecule has 0 fully saturated rings. The van der Waals surface area contributed by atoms with Gasteiger partial charge in [0, 0.05) is 39.0 Å². The van der Waals surface area contributed by atoms with Gasteiger partial charge in [0.05, 0.1) is 0 Å². The second kappa shape index (κ2) is 7.42. The predicted molar refractivity (Wildman–Crippen MR) is 85.1 cm³/mol. The van der Waals surface area contributed by atoms with Crippen LogP contribution in [-0.2, 0) is 18.1 Å². The van der Waals surface area contributed by atoms with E-state index in [0.29, 0.717) is 0 Å². The molecule has 0 N–H and O–H groups in total. The lowest BCUT2D eigenvalue weighted by molar-refractivity contribution is 0.350. The van der Waals surface area contributed by atoms with Gasteiger partial charge in [-0.3, -0.25) is 0 Å². The van der Waals surface area contributed by atoms with Crippen LogP contribution in [0.1, 0.15) is 0 Å². The van der Waals surface area contributed by atoms with Gasteiger partial charge in [0.15, 0.2) is 0 Å². The molecule has 0 aromatic heterocycles. The molecule has 0 saturated carbocycles. The van der Waals surface area contributed by atoms with Crippen molar-refractivity contribution in [2.24, 2.45) is 0 Å². The van der Waals surface area contributed by atoms with Gasteiger partial charge in [0.25, 0.3) is 0 Å². The third-order valence-corrected chi connectivity index (χ3v) is 5.67. The molecule has 0 aliphatic heterocycles. The number of fused-ring (bicyclic) bond motifs is 1. The van der Waals surface area contributed by atoms with E-state index >= 15 is 0 Å². The van der Waals surface area contributed by atoms with Crippen LogP contribution in [0.3, 0.4) is 0 Å². The zero-order valence-corrected chi connectivity index (χ0v) is 13.8. The average molecular weight is 312 g/mol. The van der Waals surface area contributed by atoms with Crippen molar-refractivity contribution in [2.45, 2.75) is 0 Å². The fourth-order valence-electron chi connectivity index (χ4n) is 2.09. The molecule has 2 aromatic rings. The van der Waals surface area contributed by atoms with Gasteiger partial charge in [-0.25, -0.2) is 0 Å². The summed E-state index contributed by atoms with van der Waals surface area (Å²) in [6.07, 6.45) is 0. The third-order valence-electron chi connectivity index (χ3n) is 2.90. The maximum absolute atomic E-state index is 5.46. The van der Waals surface area contributed by atoms with Crippen molar-refractivity contribution >= 4 is 38.1 Å². The zero-order chi connectivity index (χ0) is 14.5. The molecule has 0 atom stereocenters. The summed E-state index contributed by atoms with van der Waals surface area (Å²) in [6.45, 7) is 0. The molecule has 2 rings (SSSR count).